The largest absolute Gasteiger partial charge is 0.507 e. The molecule has 0 aliphatic rings. The number of hydrogen-bond acceptors (Lipinski definition) is 4. The van der Waals surface area contributed by atoms with Gasteiger partial charge in [0.15, 0.2) is 0 Å². The molecule has 0 aliphatic carbocycles. The second-order valence-corrected chi connectivity index (χ2v) is 8.47. The van der Waals surface area contributed by atoms with Crippen molar-refractivity contribution in [2.45, 2.75) is 59.3 Å². The summed E-state index contributed by atoms with van der Waals surface area (Å²) >= 11 is 4.49. The smallest absolute Gasteiger partial charge is 0.137 e. The molecule has 0 fully saturated rings. The highest BCUT2D eigenvalue weighted by molar-refractivity contribution is 7.80. The number of thiol groups is 1. The first kappa shape index (κ1) is 22.4. The lowest BCUT2D eigenvalue weighted by Gasteiger charge is -2.32. The van der Waals surface area contributed by atoms with E-state index >= 15 is 0 Å². The van der Waals surface area contributed by atoms with Crippen LogP contribution < -0.4 is 5.73 Å². The summed E-state index contributed by atoms with van der Waals surface area (Å²) in [6, 6.07) is 3.61. The van der Waals surface area contributed by atoms with Crippen LogP contribution >= 0.6 is 12.6 Å². The van der Waals surface area contributed by atoms with Crippen molar-refractivity contribution < 1.29 is 14.3 Å². The van der Waals surface area contributed by atoms with Gasteiger partial charge in [0.2, 0.25) is 0 Å². The molecule has 0 saturated heterocycles. The van der Waals surface area contributed by atoms with Gasteiger partial charge in [-0.05, 0) is 99.4 Å². The third-order valence-corrected chi connectivity index (χ3v) is 6.57. The van der Waals surface area contributed by atoms with E-state index in [1.165, 1.54) is 6.92 Å². The van der Waals surface area contributed by atoms with Gasteiger partial charge in [-0.1, -0.05) is 6.07 Å². The van der Waals surface area contributed by atoms with Gasteiger partial charge in [0.1, 0.15) is 17.3 Å². The molecule has 3 N–H and O–H groups in total. The minimum Gasteiger partial charge on any atom is -0.507 e. The van der Waals surface area contributed by atoms with Crippen LogP contribution in [0, 0.1) is 45.9 Å². The third kappa shape index (κ3) is 3.96. The fraction of sp³-hybridized carbons (Fsp3) is 0.435. The lowest BCUT2D eigenvalue weighted by molar-refractivity contribution is -0.126. The Hall–Kier alpha value is -1.85. The van der Waals surface area contributed by atoms with E-state index in [9.17, 15) is 14.3 Å². The number of phenols is 1. The second-order valence-electron chi connectivity index (χ2n) is 7.99. The lowest BCUT2D eigenvalue weighted by Crippen LogP contribution is -2.42. The van der Waals surface area contributed by atoms with Crippen molar-refractivity contribution in [2.24, 2.45) is 11.1 Å². The molecule has 0 amide bonds. The molecule has 3 nitrogen and oxygen atoms in total. The fourth-order valence-corrected chi connectivity index (χ4v) is 4.12. The van der Waals surface area contributed by atoms with E-state index in [1.807, 2.05) is 26.8 Å². The number of carbonyl (C=O) groups excluding carboxylic acids is 1. The molecule has 1 unspecified atom stereocenters. The van der Waals surface area contributed by atoms with Gasteiger partial charge < -0.3 is 10.8 Å². The maximum atomic E-state index is 15.0. The summed E-state index contributed by atoms with van der Waals surface area (Å²) in [4.78, 5) is 13.5. The number of ketones is 1. The molecule has 0 spiro atoms. The molecule has 0 radical (unpaired) electrons. The highest BCUT2D eigenvalue weighted by atomic mass is 32.1. The van der Waals surface area contributed by atoms with E-state index < -0.39 is 5.41 Å². The Balaban J connectivity index is 2.65. The fourth-order valence-electron chi connectivity index (χ4n) is 3.79. The Kier molecular flexibility index (Phi) is 6.62. The average Bonchev–Trinajstić information content (AvgIpc) is 2.63. The first-order valence-electron chi connectivity index (χ1n) is 9.42. The van der Waals surface area contributed by atoms with Gasteiger partial charge in [0.25, 0.3) is 0 Å². The van der Waals surface area contributed by atoms with Gasteiger partial charge in [-0.2, -0.15) is 0 Å². The standard InChI is InChI=1S/C23H30FNO2S/c1-12-7-13(2)21(24)18(15(12)4)9-23(11-25,17(6)26)10-19-16(5)20(28)8-14(3)22(19)27/h7-8,27-28H,9-11,25H2,1-6H3. The number of hydrogen-bond donors (Lipinski definition) is 3. The molecular formula is C23H30FNO2S. The first-order valence-corrected chi connectivity index (χ1v) is 9.87. The van der Waals surface area contributed by atoms with Gasteiger partial charge in [0, 0.05) is 16.9 Å². The van der Waals surface area contributed by atoms with Gasteiger partial charge in [-0.25, -0.2) is 4.39 Å². The number of rotatable bonds is 6. The van der Waals surface area contributed by atoms with Gasteiger partial charge in [-0.3, -0.25) is 4.79 Å². The van der Waals surface area contributed by atoms with Crippen molar-refractivity contribution in [3.63, 3.8) is 0 Å². The van der Waals surface area contributed by atoms with Crippen LogP contribution in [0.15, 0.2) is 17.0 Å². The Morgan fingerprint density at radius 3 is 2.14 bits per heavy atom. The van der Waals surface area contributed by atoms with Crippen LogP contribution in [0.4, 0.5) is 4.39 Å². The number of carbonyl (C=O) groups is 1. The number of nitrogens with two attached hydrogens (primary N) is 1. The zero-order chi connectivity index (χ0) is 21.4. The highest BCUT2D eigenvalue weighted by Crippen LogP contribution is 2.38. The molecule has 2 aromatic rings. The number of aryl methyl sites for hydroxylation is 3. The van der Waals surface area contributed by atoms with E-state index in [-0.39, 0.29) is 36.7 Å². The van der Waals surface area contributed by atoms with Crippen molar-refractivity contribution >= 4 is 18.4 Å². The van der Waals surface area contributed by atoms with Crippen LogP contribution in [-0.2, 0) is 17.6 Å². The van der Waals surface area contributed by atoms with E-state index in [0.717, 1.165) is 21.6 Å². The maximum absolute atomic E-state index is 15.0. The highest BCUT2D eigenvalue weighted by Gasteiger charge is 2.37. The van der Waals surface area contributed by atoms with E-state index in [0.29, 0.717) is 22.3 Å². The number of aromatic hydroxyl groups is 1. The van der Waals surface area contributed by atoms with Crippen LogP contribution in [-0.4, -0.2) is 17.4 Å². The lowest BCUT2D eigenvalue weighted by atomic mass is 9.71. The molecule has 2 rings (SSSR count). The molecule has 0 heterocycles. The van der Waals surface area contributed by atoms with E-state index in [2.05, 4.69) is 12.6 Å². The van der Waals surface area contributed by atoms with Crippen LogP contribution in [0.2, 0.25) is 0 Å². The van der Waals surface area contributed by atoms with E-state index in [1.54, 1.807) is 19.9 Å². The number of halogens is 1. The minimum absolute atomic E-state index is 0.0585. The van der Waals surface area contributed by atoms with Crippen LogP contribution in [0.5, 0.6) is 5.75 Å². The number of benzene rings is 2. The number of phenolic OH excluding ortho intramolecular Hbond substituents is 1. The van der Waals surface area contributed by atoms with Gasteiger partial charge >= 0.3 is 0 Å². The molecule has 1 atom stereocenters. The summed E-state index contributed by atoms with van der Waals surface area (Å²) in [5.74, 6) is -0.261. The molecule has 2 aromatic carbocycles. The summed E-state index contributed by atoms with van der Waals surface area (Å²) in [6.07, 6.45) is 0.422. The van der Waals surface area contributed by atoms with Crippen molar-refractivity contribution in [1.82, 2.24) is 0 Å². The summed E-state index contributed by atoms with van der Waals surface area (Å²) in [6.45, 7) is 10.7. The van der Waals surface area contributed by atoms with Crippen molar-refractivity contribution in [3.8, 4) is 5.75 Å². The van der Waals surface area contributed by atoms with Crippen LogP contribution in [0.3, 0.4) is 0 Å². The predicted molar refractivity (Wildman–Crippen MR) is 115 cm³/mol. The minimum atomic E-state index is -1.01. The Morgan fingerprint density at radius 2 is 1.61 bits per heavy atom. The number of Topliss-reactive ketones (excluding diaryl/α,β-unsaturated/α-hetero) is 1. The van der Waals surface area contributed by atoms with Crippen molar-refractivity contribution in [2.75, 3.05) is 6.54 Å². The molecule has 0 saturated carbocycles. The molecular weight excluding hydrogens is 373 g/mol. The first-order chi connectivity index (χ1) is 12.9. The molecule has 0 aliphatic heterocycles. The Morgan fingerprint density at radius 1 is 1.04 bits per heavy atom. The quantitative estimate of drug-likeness (QED) is 0.614. The molecule has 0 aromatic heterocycles. The zero-order valence-corrected chi connectivity index (χ0v) is 18.4. The van der Waals surface area contributed by atoms with Crippen LogP contribution in [0.25, 0.3) is 0 Å². The monoisotopic (exact) mass is 403 g/mol. The predicted octanol–water partition coefficient (Wildman–Crippen LogP) is 4.68. The summed E-state index contributed by atoms with van der Waals surface area (Å²) in [7, 11) is 0. The molecule has 0 bridgehead atoms. The molecule has 5 heteroatoms. The second kappa shape index (κ2) is 8.26. The topological polar surface area (TPSA) is 63.3 Å². The third-order valence-electron chi connectivity index (χ3n) is 6.11. The summed E-state index contributed by atoms with van der Waals surface area (Å²) in [5.41, 5.74) is 10.1. The SMILES string of the molecule is CC(=O)C(CN)(Cc1c(C)c(S)cc(C)c1O)Cc1c(C)c(C)cc(C)c1F. The average molecular weight is 404 g/mol. The van der Waals surface area contributed by atoms with Crippen LogP contribution in [0.1, 0.15) is 45.9 Å². The van der Waals surface area contributed by atoms with E-state index in [4.69, 9.17) is 5.73 Å². The Labute approximate surface area is 172 Å². The maximum Gasteiger partial charge on any atom is 0.137 e. The Bertz CT molecular complexity index is 819. The van der Waals surface area contributed by atoms with Crippen molar-refractivity contribution in [3.05, 3.63) is 56.9 Å². The van der Waals surface area contributed by atoms with Crippen molar-refractivity contribution in [1.29, 1.82) is 0 Å². The zero-order valence-electron chi connectivity index (χ0n) is 17.5. The summed E-state index contributed by atoms with van der Waals surface area (Å²) in [5, 5.41) is 10.6. The molecule has 28 heavy (non-hydrogen) atoms. The van der Waals surface area contributed by atoms with Gasteiger partial charge in [-0.15, -0.1) is 12.6 Å². The van der Waals surface area contributed by atoms with Gasteiger partial charge in [0.05, 0.1) is 0 Å². The normalized spacial score (nSPS) is 13.5. The summed E-state index contributed by atoms with van der Waals surface area (Å²) < 4.78 is 15.0. The molecule has 152 valence electrons.